The number of hydrogen-bond acceptors (Lipinski definition) is 3. The highest BCUT2D eigenvalue weighted by Gasteiger charge is 2.17. The molecule has 0 aromatic carbocycles. The zero-order chi connectivity index (χ0) is 11.9. The summed E-state index contributed by atoms with van der Waals surface area (Å²) in [6, 6.07) is 3.58. The summed E-state index contributed by atoms with van der Waals surface area (Å²) in [4.78, 5) is 16.9. The molecule has 2 heterocycles. The van der Waals surface area contributed by atoms with E-state index >= 15 is 0 Å². The minimum atomic E-state index is -1.09. The average Bonchev–Trinajstić information content (AvgIpc) is 2.51. The third-order valence-electron chi connectivity index (χ3n) is 2.29. The van der Waals surface area contributed by atoms with Crippen LogP contribution in [0.3, 0.4) is 0 Å². The molecule has 2 aromatic rings. The van der Waals surface area contributed by atoms with Crippen LogP contribution in [0, 0.1) is 0 Å². The van der Waals surface area contributed by atoms with Crippen molar-refractivity contribution >= 4 is 28.9 Å². The first-order valence-corrected chi connectivity index (χ1v) is 4.96. The summed E-state index contributed by atoms with van der Waals surface area (Å²) in [6.45, 7) is 0. The first kappa shape index (κ1) is 10.8. The van der Waals surface area contributed by atoms with Crippen molar-refractivity contribution in [3.05, 3.63) is 29.2 Å². The van der Waals surface area contributed by atoms with Crippen LogP contribution in [0.25, 0.3) is 5.65 Å². The van der Waals surface area contributed by atoms with E-state index in [0.29, 0.717) is 5.65 Å². The second-order valence-electron chi connectivity index (χ2n) is 3.56. The van der Waals surface area contributed by atoms with E-state index in [-0.39, 0.29) is 10.8 Å². The molecule has 0 unspecified atom stereocenters. The molecule has 0 aliphatic carbocycles. The molecule has 0 atom stereocenters. The maximum atomic E-state index is 11.0. The number of fused-ring (bicyclic) bond motifs is 1. The Labute approximate surface area is 96.9 Å². The number of pyridine rings is 1. The zero-order valence-corrected chi connectivity index (χ0v) is 9.56. The number of aromatic carboxylic acids is 1. The lowest BCUT2D eigenvalue weighted by Gasteiger charge is -2.11. The van der Waals surface area contributed by atoms with Gasteiger partial charge < -0.3 is 10.0 Å². The minimum Gasteiger partial charge on any atom is -0.476 e. The lowest BCUT2D eigenvalue weighted by Crippen LogP contribution is -2.09. The van der Waals surface area contributed by atoms with Gasteiger partial charge in [0.2, 0.25) is 0 Å². The Balaban J connectivity index is 2.70. The predicted molar refractivity (Wildman–Crippen MR) is 61.5 cm³/mol. The molecule has 0 aliphatic heterocycles. The van der Waals surface area contributed by atoms with E-state index < -0.39 is 5.97 Å². The molecule has 1 N–H and O–H groups in total. The van der Waals surface area contributed by atoms with Crippen LogP contribution in [-0.4, -0.2) is 34.6 Å². The van der Waals surface area contributed by atoms with Gasteiger partial charge in [0.15, 0.2) is 10.8 Å². The van der Waals surface area contributed by atoms with Crippen molar-refractivity contribution in [2.45, 2.75) is 0 Å². The summed E-state index contributed by atoms with van der Waals surface area (Å²) in [5, 5.41) is 8.98. The number of halogens is 1. The topological polar surface area (TPSA) is 57.8 Å². The van der Waals surface area contributed by atoms with E-state index in [1.54, 1.807) is 18.3 Å². The molecule has 5 nitrogen and oxygen atoms in total. The lowest BCUT2D eigenvalue weighted by atomic mass is 10.3. The fourth-order valence-electron chi connectivity index (χ4n) is 1.47. The largest absolute Gasteiger partial charge is 0.476 e. The van der Waals surface area contributed by atoms with Gasteiger partial charge in [-0.2, -0.15) is 0 Å². The van der Waals surface area contributed by atoms with Crippen LogP contribution in [0.1, 0.15) is 10.5 Å². The predicted octanol–water partition coefficient (Wildman–Crippen LogP) is 1.75. The molecule has 2 aromatic heterocycles. The van der Waals surface area contributed by atoms with Crippen molar-refractivity contribution in [3.8, 4) is 0 Å². The fraction of sp³-hybridized carbons (Fsp3) is 0.200. The number of aromatic nitrogens is 2. The van der Waals surface area contributed by atoms with Gasteiger partial charge in [-0.25, -0.2) is 9.78 Å². The summed E-state index contributed by atoms with van der Waals surface area (Å²) < 4.78 is 1.46. The molecule has 16 heavy (non-hydrogen) atoms. The Kier molecular flexibility index (Phi) is 2.47. The zero-order valence-electron chi connectivity index (χ0n) is 8.81. The summed E-state index contributed by atoms with van der Waals surface area (Å²) in [5.41, 5.74) is 1.45. The Hall–Kier alpha value is -1.75. The van der Waals surface area contributed by atoms with Crippen LogP contribution in [0.5, 0.6) is 0 Å². The number of carboxylic acids is 1. The summed E-state index contributed by atoms with van der Waals surface area (Å²) >= 11 is 5.77. The molecule has 0 saturated carbocycles. The van der Waals surface area contributed by atoms with E-state index in [1.807, 2.05) is 19.0 Å². The number of hydrogen-bond donors (Lipinski definition) is 1. The van der Waals surface area contributed by atoms with E-state index in [1.165, 1.54) is 4.40 Å². The summed E-state index contributed by atoms with van der Waals surface area (Å²) in [5.74, 6) is -1.09. The van der Waals surface area contributed by atoms with Gasteiger partial charge in [0.1, 0.15) is 5.65 Å². The maximum absolute atomic E-state index is 11.0. The Morgan fingerprint density at radius 2 is 2.25 bits per heavy atom. The van der Waals surface area contributed by atoms with Crippen molar-refractivity contribution in [3.63, 3.8) is 0 Å². The molecular formula is C10H10ClN3O2. The monoisotopic (exact) mass is 239 g/mol. The Morgan fingerprint density at radius 1 is 1.56 bits per heavy atom. The number of rotatable bonds is 2. The van der Waals surface area contributed by atoms with Gasteiger partial charge in [0.05, 0.1) is 0 Å². The number of nitrogens with zero attached hydrogens (tertiary/aromatic N) is 3. The highest BCUT2D eigenvalue weighted by molar-refractivity contribution is 6.32. The molecule has 84 valence electrons. The van der Waals surface area contributed by atoms with Crippen LogP contribution in [-0.2, 0) is 0 Å². The van der Waals surface area contributed by atoms with E-state index in [4.69, 9.17) is 16.7 Å². The highest BCUT2D eigenvalue weighted by Crippen LogP contribution is 2.21. The van der Waals surface area contributed by atoms with Crippen molar-refractivity contribution in [1.29, 1.82) is 0 Å². The molecule has 0 saturated heterocycles. The molecule has 6 heteroatoms. The Bertz CT molecular complexity index is 562. The SMILES string of the molecule is CN(C)c1ccn2c(C(=O)O)c(Cl)nc2c1. The van der Waals surface area contributed by atoms with E-state index in [9.17, 15) is 4.79 Å². The third-order valence-corrected chi connectivity index (χ3v) is 2.55. The number of carboxylic acid groups (broad SMARTS) is 1. The van der Waals surface area contributed by atoms with Crippen LogP contribution in [0.4, 0.5) is 5.69 Å². The summed E-state index contributed by atoms with van der Waals surface area (Å²) in [6.07, 6.45) is 1.65. The number of imidazole rings is 1. The molecule has 0 aliphatic rings. The quantitative estimate of drug-likeness (QED) is 0.868. The molecule has 2 rings (SSSR count). The first-order chi connectivity index (χ1) is 7.50. The standard InChI is InChI=1S/C10H10ClN3O2/c1-13(2)6-3-4-14-7(5-6)12-9(11)8(14)10(15)16/h3-5H,1-2H3,(H,15,16). The molecule has 0 spiro atoms. The van der Waals surface area contributed by atoms with Crippen LogP contribution < -0.4 is 4.90 Å². The third kappa shape index (κ3) is 1.59. The van der Waals surface area contributed by atoms with Crippen molar-refractivity contribution in [1.82, 2.24) is 9.38 Å². The number of carbonyl (C=O) groups is 1. The fourth-order valence-corrected chi connectivity index (χ4v) is 1.73. The van der Waals surface area contributed by atoms with Gasteiger partial charge in [-0.05, 0) is 6.07 Å². The first-order valence-electron chi connectivity index (χ1n) is 4.59. The van der Waals surface area contributed by atoms with Crippen molar-refractivity contribution < 1.29 is 9.90 Å². The minimum absolute atomic E-state index is 0.00315. The van der Waals surface area contributed by atoms with Gasteiger partial charge in [0.25, 0.3) is 0 Å². The average molecular weight is 240 g/mol. The van der Waals surface area contributed by atoms with Crippen LogP contribution in [0.15, 0.2) is 18.3 Å². The van der Waals surface area contributed by atoms with Crippen LogP contribution in [0.2, 0.25) is 5.15 Å². The molecule has 0 amide bonds. The van der Waals surface area contributed by atoms with Gasteiger partial charge in [0, 0.05) is 32.0 Å². The van der Waals surface area contributed by atoms with Gasteiger partial charge in [-0.15, -0.1) is 0 Å². The molecular weight excluding hydrogens is 230 g/mol. The molecule has 0 fully saturated rings. The highest BCUT2D eigenvalue weighted by atomic mass is 35.5. The second-order valence-corrected chi connectivity index (χ2v) is 3.92. The lowest BCUT2D eigenvalue weighted by molar-refractivity contribution is 0.0689. The second kappa shape index (κ2) is 3.68. The smallest absolute Gasteiger partial charge is 0.356 e. The van der Waals surface area contributed by atoms with Crippen molar-refractivity contribution in [2.75, 3.05) is 19.0 Å². The van der Waals surface area contributed by atoms with E-state index in [0.717, 1.165) is 5.69 Å². The molecule has 0 bridgehead atoms. The van der Waals surface area contributed by atoms with Gasteiger partial charge in [-0.1, -0.05) is 11.6 Å². The van der Waals surface area contributed by atoms with Gasteiger partial charge in [-0.3, -0.25) is 4.40 Å². The maximum Gasteiger partial charge on any atom is 0.356 e. The molecule has 0 radical (unpaired) electrons. The van der Waals surface area contributed by atoms with Gasteiger partial charge >= 0.3 is 5.97 Å². The Morgan fingerprint density at radius 3 is 2.81 bits per heavy atom. The number of anilines is 1. The van der Waals surface area contributed by atoms with E-state index in [2.05, 4.69) is 4.98 Å². The van der Waals surface area contributed by atoms with Crippen LogP contribution >= 0.6 is 11.6 Å². The summed E-state index contributed by atoms with van der Waals surface area (Å²) in [7, 11) is 3.79. The normalized spacial score (nSPS) is 10.7. The van der Waals surface area contributed by atoms with Crippen molar-refractivity contribution in [2.24, 2.45) is 0 Å².